The molecule has 1 aliphatic heterocycles. The van der Waals surface area contributed by atoms with Gasteiger partial charge in [0.1, 0.15) is 18.2 Å². The summed E-state index contributed by atoms with van der Waals surface area (Å²) in [7, 11) is -3.66. The molecule has 8 heteroatoms. The Morgan fingerprint density at radius 2 is 2.04 bits per heavy atom. The first-order valence-electron chi connectivity index (χ1n) is 7.71. The molecule has 0 saturated heterocycles. The third-order valence-corrected chi connectivity index (χ3v) is 4.89. The second kappa shape index (κ2) is 6.84. The van der Waals surface area contributed by atoms with Crippen molar-refractivity contribution in [2.45, 2.75) is 24.8 Å². The van der Waals surface area contributed by atoms with E-state index in [1.807, 2.05) is 13.1 Å². The maximum atomic E-state index is 11.2. The molecule has 1 aromatic carbocycles. The van der Waals surface area contributed by atoms with E-state index in [-0.39, 0.29) is 4.90 Å². The Hall–Kier alpha value is -2.03. The quantitative estimate of drug-likeness (QED) is 0.861. The lowest BCUT2D eigenvalue weighted by Crippen LogP contribution is -2.34. The van der Waals surface area contributed by atoms with Crippen molar-refractivity contribution in [2.24, 2.45) is 5.14 Å². The molecular weight excluding hydrogens is 328 g/mol. The van der Waals surface area contributed by atoms with E-state index in [2.05, 4.69) is 14.9 Å². The Labute approximate surface area is 141 Å². The van der Waals surface area contributed by atoms with Crippen LogP contribution in [0.2, 0.25) is 0 Å². The summed E-state index contributed by atoms with van der Waals surface area (Å²) >= 11 is 0. The number of hydrogen-bond donors (Lipinski definition) is 1. The lowest BCUT2D eigenvalue weighted by atomic mass is 10.1. The predicted octanol–water partition coefficient (Wildman–Crippen LogP) is 0.870. The Bertz CT molecular complexity index is 822. The number of primary sulfonamides is 1. The van der Waals surface area contributed by atoms with E-state index in [0.717, 1.165) is 37.6 Å². The highest BCUT2D eigenvalue weighted by molar-refractivity contribution is 7.89. The Morgan fingerprint density at radius 3 is 2.75 bits per heavy atom. The van der Waals surface area contributed by atoms with Gasteiger partial charge in [0, 0.05) is 43.5 Å². The zero-order valence-electron chi connectivity index (χ0n) is 13.5. The number of ether oxygens (including phenoxy) is 1. The molecule has 2 N–H and O–H groups in total. The van der Waals surface area contributed by atoms with Crippen LogP contribution in [0.4, 0.5) is 0 Å². The average Bonchev–Trinajstić information content (AvgIpc) is 2.54. The number of fused-ring (bicyclic) bond motifs is 1. The van der Waals surface area contributed by atoms with E-state index in [4.69, 9.17) is 9.88 Å². The minimum Gasteiger partial charge on any atom is -0.492 e. The fourth-order valence-corrected chi connectivity index (χ4v) is 3.20. The number of rotatable bonds is 5. The van der Waals surface area contributed by atoms with E-state index in [1.54, 1.807) is 12.1 Å². The van der Waals surface area contributed by atoms with Crippen LogP contribution in [0.1, 0.15) is 17.1 Å². The van der Waals surface area contributed by atoms with Gasteiger partial charge in [0.05, 0.1) is 4.90 Å². The molecular formula is C16H20N4O3S. The van der Waals surface area contributed by atoms with Gasteiger partial charge in [-0.25, -0.2) is 23.5 Å². The lowest BCUT2D eigenvalue weighted by molar-refractivity contribution is 0.195. The molecule has 0 atom stereocenters. The number of aromatic nitrogens is 2. The molecule has 0 unspecified atom stereocenters. The minimum absolute atomic E-state index is 0.0813. The van der Waals surface area contributed by atoms with Crippen LogP contribution in [-0.4, -0.2) is 43.0 Å². The van der Waals surface area contributed by atoms with E-state index in [0.29, 0.717) is 12.4 Å². The molecule has 0 saturated carbocycles. The summed E-state index contributed by atoms with van der Waals surface area (Å²) in [5.74, 6) is 1.44. The predicted molar refractivity (Wildman–Crippen MR) is 89.1 cm³/mol. The van der Waals surface area contributed by atoms with Crippen molar-refractivity contribution >= 4 is 10.0 Å². The van der Waals surface area contributed by atoms with Crippen molar-refractivity contribution in [1.29, 1.82) is 0 Å². The summed E-state index contributed by atoms with van der Waals surface area (Å²) in [5, 5.41) is 5.07. The fraction of sp³-hybridized carbons (Fsp3) is 0.375. The average molecular weight is 348 g/mol. The van der Waals surface area contributed by atoms with Gasteiger partial charge in [-0.15, -0.1) is 0 Å². The van der Waals surface area contributed by atoms with Crippen LogP contribution >= 0.6 is 0 Å². The topological polar surface area (TPSA) is 98.4 Å². The zero-order chi connectivity index (χ0) is 17.2. The maximum absolute atomic E-state index is 11.2. The van der Waals surface area contributed by atoms with Gasteiger partial charge in [-0.2, -0.15) is 0 Å². The number of hydrogen-bond acceptors (Lipinski definition) is 6. The monoisotopic (exact) mass is 348 g/mol. The summed E-state index contributed by atoms with van der Waals surface area (Å²) in [6.45, 7) is 4.98. The summed E-state index contributed by atoms with van der Waals surface area (Å²) in [6, 6.07) is 6.12. The van der Waals surface area contributed by atoms with Gasteiger partial charge in [-0.05, 0) is 31.2 Å². The van der Waals surface area contributed by atoms with E-state index >= 15 is 0 Å². The Balaban J connectivity index is 1.51. The third kappa shape index (κ3) is 4.08. The van der Waals surface area contributed by atoms with Crippen LogP contribution in [0, 0.1) is 6.92 Å². The number of nitrogens with two attached hydrogens (primary N) is 1. The van der Waals surface area contributed by atoms with Crippen molar-refractivity contribution in [3.05, 3.63) is 47.5 Å². The Morgan fingerprint density at radius 1 is 1.29 bits per heavy atom. The minimum atomic E-state index is -3.66. The molecule has 128 valence electrons. The third-order valence-electron chi connectivity index (χ3n) is 3.96. The first kappa shape index (κ1) is 16.8. The van der Waals surface area contributed by atoms with Crippen molar-refractivity contribution in [1.82, 2.24) is 14.9 Å². The van der Waals surface area contributed by atoms with Gasteiger partial charge >= 0.3 is 0 Å². The van der Waals surface area contributed by atoms with Crippen molar-refractivity contribution in [3.8, 4) is 5.75 Å². The number of aryl methyl sites for hydroxylation is 1. The fourth-order valence-electron chi connectivity index (χ4n) is 2.68. The van der Waals surface area contributed by atoms with Crippen LogP contribution in [0.15, 0.2) is 35.4 Å². The summed E-state index contributed by atoms with van der Waals surface area (Å²) in [4.78, 5) is 11.1. The molecule has 0 amide bonds. The van der Waals surface area contributed by atoms with Crippen molar-refractivity contribution < 1.29 is 13.2 Å². The summed E-state index contributed by atoms with van der Waals surface area (Å²) < 4.78 is 28.1. The van der Waals surface area contributed by atoms with Gasteiger partial charge in [0.15, 0.2) is 0 Å². The Kier molecular flexibility index (Phi) is 4.79. The molecule has 3 rings (SSSR count). The van der Waals surface area contributed by atoms with E-state index in [1.165, 1.54) is 17.7 Å². The maximum Gasteiger partial charge on any atom is 0.238 e. The van der Waals surface area contributed by atoms with Crippen molar-refractivity contribution in [2.75, 3.05) is 19.7 Å². The summed E-state index contributed by atoms with van der Waals surface area (Å²) in [6.07, 6.45) is 2.82. The molecule has 2 aromatic rings. The molecule has 0 aliphatic carbocycles. The molecule has 0 radical (unpaired) electrons. The first-order chi connectivity index (χ1) is 11.4. The van der Waals surface area contributed by atoms with Gasteiger partial charge < -0.3 is 4.74 Å². The number of sulfonamides is 1. The number of nitrogens with zero attached hydrogens (tertiary/aromatic N) is 3. The molecule has 2 heterocycles. The number of benzene rings is 1. The second-order valence-electron chi connectivity index (χ2n) is 5.78. The zero-order valence-corrected chi connectivity index (χ0v) is 14.3. The molecule has 0 bridgehead atoms. The van der Waals surface area contributed by atoms with Gasteiger partial charge in [0.2, 0.25) is 10.0 Å². The molecule has 7 nitrogen and oxygen atoms in total. The smallest absolute Gasteiger partial charge is 0.238 e. The summed E-state index contributed by atoms with van der Waals surface area (Å²) in [5.41, 5.74) is 2.31. The molecule has 0 fully saturated rings. The molecule has 1 aromatic heterocycles. The van der Waals surface area contributed by atoms with Crippen LogP contribution in [0.5, 0.6) is 5.75 Å². The standard InChI is InChI=1S/C16H20N4O3S/c1-12-18-10-13-11-20(7-6-16(13)19-12)8-9-23-14-2-4-15(5-3-14)24(17,21)22/h2-5,10H,6-9,11H2,1H3,(H2,17,21,22). The van der Waals surface area contributed by atoms with Gasteiger partial charge in [-0.3, -0.25) is 4.90 Å². The SMILES string of the molecule is Cc1ncc2c(n1)CCN(CCOc1ccc(S(N)(=O)=O)cc1)C2. The lowest BCUT2D eigenvalue weighted by Gasteiger charge is -2.27. The highest BCUT2D eigenvalue weighted by Gasteiger charge is 2.17. The first-order valence-corrected chi connectivity index (χ1v) is 9.26. The van der Waals surface area contributed by atoms with Gasteiger partial charge in [-0.1, -0.05) is 0 Å². The molecule has 24 heavy (non-hydrogen) atoms. The second-order valence-corrected chi connectivity index (χ2v) is 7.34. The van der Waals surface area contributed by atoms with E-state index in [9.17, 15) is 8.42 Å². The molecule has 1 aliphatic rings. The highest BCUT2D eigenvalue weighted by Crippen LogP contribution is 2.17. The van der Waals surface area contributed by atoms with Crippen LogP contribution in [0.3, 0.4) is 0 Å². The van der Waals surface area contributed by atoms with Crippen LogP contribution in [0.25, 0.3) is 0 Å². The van der Waals surface area contributed by atoms with E-state index < -0.39 is 10.0 Å². The largest absolute Gasteiger partial charge is 0.492 e. The van der Waals surface area contributed by atoms with Crippen molar-refractivity contribution in [3.63, 3.8) is 0 Å². The molecule has 0 spiro atoms. The normalized spacial score (nSPS) is 15.1. The van der Waals surface area contributed by atoms with Gasteiger partial charge in [0.25, 0.3) is 0 Å². The van der Waals surface area contributed by atoms with Crippen LogP contribution in [-0.2, 0) is 23.0 Å². The van der Waals surface area contributed by atoms with Crippen LogP contribution < -0.4 is 9.88 Å². The highest BCUT2D eigenvalue weighted by atomic mass is 32.2.